The monoisotopic (exact) mass is 484 g/mol. The Labute approximate surface area is 204 Å². The van der Waals surface area contributed by atoms with Crippen LogP contribution in [0.3, 0.4) is 0 Å². The van der Waals surface area contributed by atoms with Crippen molar-refractivity contribution in [3.8, 4) is 0 Å². The van der Waals surface area contributed by atoms with Crippen molar-refractivity contribution >= 4 is 35.2 Å². The third kappa shape index (κ3) is 6.62. The minimum Gasteiger partial charge on any atom is -0.350 e. The number of carbonyl (C=O) groups is 2. The van der Waals surface area contributed by atoms with Gasteiger partial charge in [0.2, 0.25) is 5.91 Å². The van der Waals surface area contributed by atoms with Crippen LogP contribution in [-0.2, 0) is 17.9 Å². The highest BCUT2D eigenvalue weighted by atomic mass is 35.5. The summed E-state index contributed by atoms with van der Waals surface area (Å²) in [5, 5.41) is 10.8. The molecule has 0 spiro atoms. The van der Waals surface area contributed by atoms with Gasteiger partial charge in [0.15, 0.2) is 0 Å². The molecule has 0 aliphatic carbocycles. The van der Waals surface area contributed by atoms with E-state index in [0.29, 0.717) is 30.1 Å². The smallest absolute Gasteiger partial charge is 0.253 e. The molecular formula is C25H29ClN4O2S. The number of nitrogens with zero attached hydrogens (tertiary/aromatic N) is 2. The molecule has 0 aliphatic heterocycles. The summed E-state index contributed by atoms with van der Waals surface area (Å²) in [4.78, 5) is 25.7. The lowest BCUT2D eigenvalue weighted by molar-refractivity contribution is -0.123. The molecule has 2 amide bonds. The molecule has 0 aliphatic rings. The second-order valence-corrected chi connectivity index (χ2v) is 9.19. The van der Waals surface area contributed by atoms with Gasteiger partial charge in [-0.15, -0.1) is 0 Å². The molecular weight excluding hydrogens is 456 g/mol. The first kappa shape index (κ1) is 24.9. The lowest BCUT2D eigenvalue weighted by Crippen LogP contribution is -2.47. The first-order chi connectivity index (χ1) is 15.9. The van der Waals surface area contributed by atoms with Crippen LogP contribution in [0, 0.1) is 13.8 Å². The molecule has 2 aromatic carbocycles. The first-order valence-electron chi connectivity index (χ1n) is 10.8. The number of carbonyl (C=O) groups excluding carboxylic acids is 2. The zero-order chi connectivity index (χ0) is 23.8. The van der Waals surface area contributed by atoms with E-state index < -0.39 is 6.04 Å². The number of halogens is 1. The predicted octanol–water partition coefficient (Wildman–Crippen LogP) is 4.37. The van der Waals surface area contributed by atoms with Crippen LogP contribution in [0.5, 0.6) is 0 Å². The van der Waals surface area contributed by atoms with E-state index in [0.717, 1.165) is 28.3 Å². The van der Waals surface area contributed by atoms with Gasteiger partial charge >= 0.3 is 0 Å². The molecule has 8 heteroatoms. The zero-order valence-corrected chi connectivity index (χ0v) is 20.7. The normalized spacial score (nSPS) is 11.8. The van der Waals surface area contributed by atoms with Gasteiger partial charge in [-0.25, -0.2) is 0 Å². The summed E-state index contributed by atoms with van der Waals surface area (Å²) >= 11 is 7.77. The number of hydrogen-bond acceptors (Lipinski definition) is 4. The minimum atomic E-state index is -0.652. The molecule has 1 unspecified atom stereocenters. The van der Waals surface area contributed by atoms with Crippen LogP contribution in [-0.4, -0.2) is 39.6 Å². The summed E-state index contributed by atoms with van der Waals surface area (Å²) in [7, 11) is 0. The van der Waals surface area contributed by atoms with Gasteiger partial charge in [-0.3, -0.25) is 14.3 Å². The van der Waals surface area contributed by atoms with Gasteiger partial charge in [0, 0.05) is 17.8 Å². The summed E-state index contributed by atoms with van der Waals surface area (Å²) in [6.07, 6.45) is 2.49. The summed E-state index contributed by atoms with van der Waals surface area (Å²) in [6.45, 7) is 4.98. The lowest BCUT2D eigenvalue weighted by Gasteiger charge is -2.19. The van der Waals surface area contributed by atoms with E-state index in [1.165, 1.54) is 0 Å². The maximum absolute atomic E-state index is 13.0. The first-order valence-corrected chi connectivity index (χ1v) is 12.6. The number of nitrogens with one attached hydrogen (secondary N) is 2. The van der Waals surface area contributed by atoms with Crippen LogP contribution >= 0.6 is 23.4 Å². The lowest BCUT2D eigenvalue weighted by atomic mass is 10.1. The number of rotatable bonds is 10. The number of benzene rings is 2. The van der Waals surface area contributed by atoms with Crippen LogP contribution in [0.4, 0.5) is 0 Å². The minimum absolute atomic E-state index is 0.223. The summed E-state index contributed by atoms with van der Waals surface area (Å²) < 4.78 is 1.95. The Morgan fingerprint density at radius 1 is 1.09 bits per heavy atom. The maximum Gasteiger partial charge on any atom is 0.253 e. The van der Waals surface area contributed by atoms with Crippen molar-refractivity contribution in [3.05, 3.63) is 87.7 Å². The van der Waals surface area contributed by atoms with Gasteiger partial charge in [0.25, 0.3) is 5.91 Å². The fourth-order valence-electron chi connectivity index (χ4n) is 3.58. The molecule has 1 atom stereocenters. The van der Waals surface area contributed by atoms with E-state index in [4.69, 9.17) is 11.6 Å². The zero-order valence-electron chi connectivity index (χ0n) is 19.1. The Hall–Kier alpha value is -2.77. The van der Waals surface area contributed by atoms with Crippen LogP contribution < -0.4 is 10.6 Å². The van der Waals surface area contributed by atoms with Crippen LogP contribution in [0.25, 0.3) is 0 Å². The Kier molecular flexibility index (Phi) is 8.97. The number of hydrogen-bond donors (Lipinski definition) is 2. The molecule has 0 saturated heterocycles. The highest BCUT2D eigenvalue weighted by Crippen LogP contribution is 2.17. The van der Waals surface area contributed by atoms with Gasteiger partial charge in [-0.2, -0.15) is 16.9 Å². The third-order valence-electron chi connectivity index (χ3n) is 5.50. The van der Waals surface area contributed by atoms with Crippen LogP contribution in [0.1, 0.15) is 39.3 Å². The molecule has 2 N–H and O–H groups in total. The predicted molar refractivity (Wildman–Crippen MR) is 135 cm³/mol. The molecule has 1 heterocycles. The maximum atomic E-state index is 13.0. The molecule has 3 aromatic rings. The highest BCUT2D eigenvalue weighted by Gasteiger charge is 2.23. The Balaban J connectivity index is 1.67. The molecule has 1 aromatic heterocycles. The fraction of sp³-hybridized carbons (Fsp3) is 0.320. The van der Waals surface area contributed by atoms with Crippen LogP contribution in [0.15, 0.2) is 54.6 Å². The van der Waals surface area contributed by atoms with Crippen molar-refractivity contribution in [3.63, 3.8) is 0 Å². The van der Waals surface area contributed by atoms with E-state index in [2.05, 4.69) is 27.9 Å². The van der Waals surface area contributed by atoms with Crippen molar-refractivity contribution in [2.45, 2.75) is 39.4 Å². The van der Waals surface area contributed by atoms with Crippen molar-refractivity contribution in [1.82, 2.24) is 20.4 Å². The molecule has 3 rings (SSSR count). The Morgan fingerprint density at radius 3 is 2.48 bits per heavy atom. The van der Waals surface area contributed by atoms with Gasteiger partial charge < -0.3 is 10.6 Å². The van der Waals surface area contributed by atoms with E-state index in [9.17, 15) is 9.59 Å². The largest absolute Gasteiger partial charge is 0.350 e. The average Bonchev–Trinajstić information content (AvgIpc) is 3.07. The molecule has 0 radical (unpaired) electrons. The number of thioether (sulfide) groups is 1. The van der Waals surface area contributed by atoms with Crippen LogP contribution in [0.2, 0.25) is 5.02 Å². The van der Waals surface area contributed by atoms with Crippen molar-refractivity contribution in [2.75, 3.05) is 12.0 Å². The fourth-order valence-corrected chi connectivity index (χ4v) is 4.28. The summed E-state index contributed by atoms with van der Waals surface area (Å²) in [6, 6.07) is 16.3. The quantitative estimate of drug-likeness (QED) is 0.448. The standard InChI is InChI=1S/C25H29ClN4O2S/c1-17-21(18(2)30(29-17)16-19-9-5-4-6-10-19)15-27-25(32)23(13-14-33-3)28-24(31)20-11-7-8-12-22(20)26/h4-12,23H,13-16H2,1-3H3,(H,27,32)(H,28,31). The van der Waals surface area contributed by atoms with Gasteiger partial charge in [0.1, 0.15) is 6.04 Å². The van der Waals surface area contributed by atoms with Crippen molar-refractivity contribution < 1.29 is 9.59 Å². The molecule has 0 fully saturated rings. The molecule has 174 valence electrons. The van der Waals surface area contributed by atoms with E-state index in [1.54, 1.807) is 36.0 Å². The average molecular weight is 485 g/mol. The van der Waals surface area contributed by atoms with Crippen molar-refractivity contribution in [2.24, 2.45) is 0 Å². The topological polar surface area (TPSA) is 76.0 Å². The van der Waals surface area contributed by atoms with E-state index >= 15 is 0 Å². The Bertz CT molecular complexity index is 1100. The van der Waals surface area contributed by atoms with Gasteiger partial charge in [-0.1, -0.05) is 54.1 Å². The highest BCUT2D eigenvalue weighted by molar-refractivity contribution is 7.98. The third-order valence-corrected chi connectivity index (χ3v) is 6.47. The Morgan fingerprint density at radius 2 is 1.79 bits per heavy atom. The number of amides is 2. The van der Waals surface area contributed by atoms with E-state index in [1.807, 2.05) is 43.0 Å². The van der Waals surface area contributed by atoms with E-state index in [-0.39, 0.29) is 11.8 Å². The molecule has 0 bridgehead atoms. The molecule has 6 nitrogen and oxygen atoms in total. The molecule has 0 saturated carbocycles. The number of aromatic nitrogens is 2. The van der Waals surface area contributed by atoms with Gasteiger partial charge in [0.05, 0.1) is 22.8 Å². The van der Waals surface area contributed by atoms with Crippen molar-refractivity contribution in [1.29, 1.82) is 0 Å². The summed E-state index contributed by atoms with van der Waals surface area (Å²) in [5.41, 5.74) is 4.40. The molecule has 33 heavy (non-hydrogen) atoms. The second-order valence-electron chi connectivity index (χ2n) is 7.80. The SMILES string of the molecule is CSCCC(NC(=O)c1ccccc1Cl)C(=O)NCc1c(C)nn(Cc2ccccc2)c1C. The second kappa shape index (κ2) is 11.9. The summed E-state index contributed by atoms with van der Waals surface area (Å²) in [5.74, 6) is 0.164. The van der Waals surface area contributed by atoms with Gasteiger partial charge in [-0.05, 0) is 50.0 Å². The number of aryl methyl sites for hydroxylation is 1.